The fraction of sp³-hybridized carbons (Fsp3) is 1.00. The van der Waals surface area contributed by atoms with Crippen molar-refractivity contribution in [3.8, 4) is 0 Å². The molecule has 0 aromatic carbocycles. The van der Waals surface area contributed by atoms with Gasteiger partial charge in [-0.1, -0.05) is 13.8 Å². The third-order valence-electron chi connectivity index (χ3n) is 3.39. The van der Waals surface area contributed by atoms with Gasteiger partial charge in [0.2, 0.25) is 0 Å². The Hall–Kier alpha value is -0.0800. The Morgan fingerprint density at radius 1 is 1.27 bits per heavy atom. The first-order chi connectivity index (χ1) is 7.09. The molecular weight excluding hydrogens is 184 g/mol. The molecule has 90 valence electrons. The van der Waals surface area contributed by atoms with Crippen molar-refractivity contribution in [1.82, 2.24) is 10.2 Å². The quantitative estimate of drug-likeness (QED) is 0.753. The van der Waals surface area contributed by atoms with Gasteiger partial charge in [-0.05, 0) is 52.1 Å². The van der Waals surface area contributed by atoms with Gasteiger partial charge in [0.05, 0.1) is 0 Å². The summed E-state index contributed by atoms with van der Waals surface area (Å²) in [6.45, 7) is 12.9. The summed E-state index contributed by atoms with van der Waals surface area (Å²) in [4.78, 5) is 2.63. The van der Waals surface area contributed by atoms with Crippen LogP contribution in [0.25, 0.3) is 0 Å². The van der Waals surface area contributed by atoms with Crippen LogP contribution in [0.1, 0.15) is 47.0 Å². The van der Waals surface area contributed by atoms with E-state index in [1.54, 1.807) is 0 Å². The van der Waals surface area contributed by atoms with E-state index in [0.717, 1.165) is 12.0 Å². The molecule has 1 heterocycles. The third kappa shape index (κ3) is 4.98. The Labute approximate surface area is 95.4 Å². The molecule has 1 aliphatic heterocycles. The van der Waals surface area contributed by atoms with Gasteiger partial charge < -0.3 is 10.2 Å². The predicted molar refractivity (Wildman–Crippen MR) is 67.2 cm³/mol. The van der Waals surface area contributed by atoms with E-state index in [-0.39, 0.29) is 0 Å². The molecule has 1 aliphatic rings. The Kier molecular flexibility index (Phi) is 5.62. The summed E-state index contributed by atoms with van der Waals surface area (Å²) in [6, 6.07) is 1.36. The number of rotatable bonds is 5. The second-order valence-corrected chi connectivity index (χ2v) is 5.49. The normalized spacial score (nSPS) is 24.0. The lowest BCUT2D eigenvalue weighted by Crippen LogP contribution is -2.40. The van der Waals surface area contributed by atoms with E-state index < -0.39 is 0 Å². The zero-order valence-electron chi connectivity index (χ0n) is 10.9. The van der Waals surface area contributed by atoms with Crippen LogP contribution < -0.4 is 5.32 Å². The van der Waals surface area contributed by atoms with Crippen molar-refractivity contribution in [2.75, 3.05) is 19.6 Å². The van der Waals surface area contributed by atoms with Gasteiger partial charge >= 0.3 is 0 Å². The van der Waals surface area contributed by atoms with Crippen LogP contribution >= 0.6 is 0 Å². The maximum Gasteiger partial charge on any atom is 0.00387 e. The topological polar surface area (TPSA) is 15.3 Å². The van der Waals surface area contributed by atoms with Crippen molar-refractivity contribution < 1.29 is 0 Å². The molecule has 0 aromatic rings. The summed E-state index contributed by atoms with van der Waals surface area (Å²) in [6.07, 6.45) is 4.18. The highest BCUT2D eigenvalue weighted by Crippen LogP contribution is 2.20. The van der Waals surface area contributed by atoms with E-state index in [2.05, 4.69) is 37.9 Å². The van der Waals surface area contributed by atoms with Crippen LogP contribution in [0, 0.1) is 5.92 Å². The molecule has 0 saturated carbocycles. The van der Waals surface area contributed by atoms with E-state index in [9.17, 15) is 0 Å². The number of hydrogen-bond acceptors (Lipinski definition) is 2. The minimum Gasteiger partial charge on any atom is -0.315 e. The predicted octanol–water partition coefficient (Wildman–Crippen LogP) is 2.49. The van der Waals surface area contributed by atoms with E-state index in [4.69, 9.17) is 0 Å². The summed E-state index contributed by atoms with van der Waals surface area (Å²) in [5, 5.41) is 3.52. The fourth-order valence-electron chi connectivity index (χ4n) is 2.38. The first kappa shape index (κ1) is 13.0. The first-order valence-electron chi connectivity index (χ1n) is 6.57. The molecule has 2 heteroatoms. The highest BCUT2D eigenvalue weighted by molar-refractivity contribution is 4.75. The van der Waals surface area contributed by atoms with Gasteiger partial charge in [-0.25, -0.2) is 0 Å². The summed E-state index contributed by atoms with van der Waals surface area (Å²) in [5.41, 5.74) is 0. The van der Waals surface area contributed by atoms with E-state index >= 15 is 0 Å². The molecule has 2 nitrogen and oxygen atoms in total. The Balaban J connectivity index is 2.18. The Morgan fingerprint density at radius 2 is 2.00 bits per heavy atom. The molecule has 0 spiro atoms. The maximum absolute atomic E-state index is 3.52. The van der Waals surface area contributed by atoms with E-state index in [0.29, 0.717) is 6.04 Å². The molecule has 1 atom stereocenters. The number of nitrogens with zero attached hydrogens (tertiary/aromatic N) is 1. The highest BCUT2D eigenvalue weighted by atomic mass is 15.2. The van der Waals surface area contributed by atoms with Crippen LogP contribution in [-0.4, -0.2) is 36.6 Å². The molecule has 0 unspecified atom stereocenters. The zero-order valence-corrected chi connectivity index (χ0v) is 10.9. The number of piperidine rings is 1. The Bertz CT molecular complexity index is 166. The average molecular weight is 212 g/mol. The van der Waals surface area contributed by atoms with Crippen LogP contribution in [0.5, 0.6) is 0 Å². The van der Waals surface area contributed by atoms with Crippen LogP contribution in [0.15, 0.2) is 0 Å². The molecular formula is C13H28N2. The molecule has 0 aromatic heterocycles. The molecule has 1 N–H and O–H groups in total. The van der Waals surface area contributed by atoms with E-state index in [1.807, 2.05) is 0 Å². The van der Waals surface area contributed by atoms with Gasteiger partial charge in [0.1, 0.15) is 0 Å². The number of likely N-dealkylation sites (tertiary alicyclic amines) is 1. The largest absolute Gasteiger partial charge is 0.315 e. The highest BCUT2D eigenvalue weighted by Gasteiger charge is 2.20. The van der Waals surface area contributed by atoms with Crippen molar-refractivity contribution in [1.29, 1.82) is 0 Å². The van der Waals surface area contributed by atoms with Gasteiger partial charge in [0.25, 0.3) is 0 Å². The van der Waals surface area contributed by atoms with E-state index in [1.165, 1.54) is 38.9 Å². The van der Waals surface area contributed by atoms with Gasteiger partial charge in [-0.15, -0.1) is 0 Å². The number of nitrogens with one attached hydrogen (secondary N) is 1. The summed E-state index contributed by atoms with van der Waals surface area (Å²) in [5.74, 6) is 0.924. The molecule has 0 aliphatic carbocycles. The zero-order chi connectivity index (χ0) is 11.3. The molecule has 0 radical (unpaired) electrons. The molecule has 1 saturated heterocycles. The molecule has 15 heavy (non-hydrogen) atoms. The van der Waals surface area contributed by atoms with Crippen molar-refractivity contribution in [3.63, 3.8) is 0 Å². The first-order valence-corrected chi connectivity index (χ1v) is 6.57. The second kappa shape index (κ2) is 6.49. The molecule has 1 rings (SSSR count). The summed E-state index contributed by atoms with van der Waals surface area (Å²) < 4.78 is 0. The van der Waals surface area contributed by atoms with Crippen LogP contribution in [0.3, 0.4) is 0 Å². The average Bonchev–Trinajstić information content (AvgIpc) is 2.17. The second-order valence-electron chi connectivity index (χ2n) is 5.49. The maximum atomic E-state index is 3.52. The van der Waals surface area contributed by atoms with Crippen LogP contribution in [-0.2, 0) is 0 Å². The van der Waals surface area contributed by atoms with Crippen LogP contribution in [0.4, 0.5) is 0 Å². The minimum absolute atomic E-state index is 0.634. The van der Waals surface area contributed by atoms with Crippen molar-refractivity contribution >= 4 is 0 Å². The van der Waals surface area contributed by atoms with Crippen molar-refractivity contribution in [2.24, 2.45) is 5.92 Å². The van der Waals surface area contributed by atoms with Crippen LogP contribution in [0.2, 0.25) is 0 Å². The third-order valence-corrected chi connectivity index (χ3v) is 3.39. The van der Waals surface area contributed by atoms with Gasteiger partial charge in [0.15, 0.2) is 0 Å². The summed E-state index contributed by atoms with van der Waals surface area (Å²) >= 11 is 0. The Morgan fingerprint density at radius 3 is 2.60 bits per heavy atom. The van der Waals surface area contributed by atoms with Crippen molar-refractivity contribution in [2.45, 2.75) is 59.0 Å². The monoisotopic (exact) mass is 212 g/mol. The molecule has 0 bridgehead atoms. The SMILES string of the molecule is CC(C)NCC[C@H]1CCCN(C(C)C)C1. The summed E-state index contributed by atoms with van der Waals surface area (Å²) in [7, 11) is 0. The molecule has 1 fully saturated rings. The fourth-order valence-corrected chi connectivity index (χ4v) is 2.38. The lowest BCUT2D eigenvalue weighted by molar-refractivity contribution is 0.135. The van der Waals surface area contributed by atoms with Gasteiger partial charge in [0, 0.05) is 18.6 Å². The van der Waals surface area contributed by atoms with Gasteiger partial charge in [-0.3, -0.25) is 0 Å². The van der Waals surface area contributed by atoms with Crippen molar-refractivity contribution in [3.05, 3.63) is 0 Å². The smallest absolute Gasteiger partial charge is 0.00387 e. The standard InChI is InChI=1S/C13H28N2/c1-11(2)14-8-7-13-6-5-9-15(10-13)12(3)4/h11-14H,5-10H2,1-4H3/t13-/m1/s1. The molecule has 0 amide bonds. The number of hydrogen-bond donors (Lipinski definition) is 1. The lowest BCUT2D eigenvalue weighted by atomic mass is 9.94. The minimum atomic E-state index is 0.634. The lowest BCUT2D eigenvalue weighted by Gasteiger charge is -2.35. The van der Waals surface area contributed by atoms with Gasteiger partial charge in [-0.2, -0.15) is 0 Å².